The van der Waals surface area contributed by atoms with Crippen LogP contribution in [0.1, 0.15) is 5.56 Å². The highest BCUT2D eigenvalue weighted by atomic mass is 35.5. The molecular formula is C9H10ClNS. The van der Waals surface area contributed by atoms with E-state index in [9.17, 15) is 0 Å². The Labute approximate surface area is 81.3 Å². The van der Waals surface area contributed by atoms with Crippen LogP contribution in [0, 0.1) is 0 Å². The lowest BCUT2D eigenvalue weighted by molar-refractivity contribution is 0.867. The second kappa shape index (κ2) is 3.29. The summed E-state index contributed by atoms with van der Waals surface area (Å²) < 4.78 is 0. The van der Waals surface area contributed by atoms with E-state index in [0.29, 0.717) is 5.25 Å². The lowest BCUT2D eigenvalue weighted by Crippen LogP contribution is -2.15. The number of nitrogens with two attached hydrogens (primary N) is 1. The Morgan fingerprint density at radius 1 is 1.58 bits per heavy atom. The van der Waals surface area contributed by atoms with Gasteiger partial charge in [-0.05, 0) is 24.1 Å². The van der Waals surface area contributed by atoms with Gasteiger partial charge in [-0.3, -0.25) is 0 Å². The molecule has 1 nitrogen and oxygen atoms in total. The topological polar surface area (TPSA) is 26.0 Å². The number of hydrogen-bond donors (Lipinski definition) is 1. The van der Waals surface area contributed by atoms with Gasteiger partial charge in [0.15, 0.2) is 0 Å². The minimum atomic E-state index is 0.528. The zero-order valence-electron chi connectivity index (χ0n) is 6.59. The van der Waals surface area contributed by atoms with Gasteiger partial charge in [0.2, 0.25) is 0 Å². The van der Waals surface area contributed by atoms with Gasteiger partial charge in [-0.15, -0.1) is 11.8 Å². The first-order chi connectivity index (χ1) is 5.81. The third-order valence-electron chi connectivity index (χ3n) is 2.06. The van der Waals surface area contributed by atoms with E-state index in [1.807, 2.05) is 23.9 Å². The summed E-state index contributed by atoms with van der Waals surface area (Å²) in [6.45, 7) is 0.732. The van der Waals surface area contributed by atoms with Gasteiger partial charge in [0, 0.05) is 21.7 Å². The molecule has 1 unspecified atom stereocenters. The maximum atomic E-state index is 6.04. The number of benzene rings is 1. The normalized spacial score (nSPS) is 21.0. The summed E-state index contributed by atoms with van der Waals surface area (Å²) in [4.78, 5) is 1.30. The van der Waals surface area contributed by atoms with E-state index in [2.05, 4.69) is 6.07 Å². The Hall–Kier alpha value is -0.180. The van der Waals surface area contributed by atoms with Crippen molar-refractivity contribution >= 4 is 23.4 Å². The average molecular weight is 200 g/mol. The number of fused-ring (bicyclic) bond motifs is 1. The molecule has 0 saturated carbocycles. The number of halogens is 1. The number of rotatable bonds is 1. The van der Waals surface area contributed by atoms with Crippen molar-refractivity contribution in [1.29, 1.82) is 0 Å². The maximum Gasteiger partial charge on any atom is 0.0449 e. The first-order valence-corrected chi connectivity index (χ1v) is 5.21. The van der Waals surface area contributed by atoms with Crippen molar-refractivity contribution in [3.05, 3.63) is 28.8 Å². The Morgan fingerprint density at radius 2 is 2.42 bits per heavy atom. The van der Waals surface area contributed by atoms with Gasteiger partial charge < -0.3 is 5.73 Å². The number of thioether (sulfide) groups is 1. The molecule has 1 aromatic carbocycles. The van der Waals surface area contributed by atoms with Gasteiger partial charge in [0.25, 0.3) is 0 Å². The zero-order valence-corrected chi connectivity index (χ0v) is 8.16. The van der Waals surface area contributed by atoms with E-state index >= 15 is 0 Å². The van der Waals surface area contributed by atoms with Gasteiger partial charge in [0.05, 0.1) is 0 Å². The average Bonchev–Trinajstić information content (AvgIpc) is 2.49. The summed E-state index contributed by atoms with van der Waals surface area (Å²) in [6.07, 6.45) is 1.02. The van der Waals surface area contributed by atoms with E-state index in [0.717, 1.165) is 18.0 Å². The molecule has 0 radical (unpaired) electrons. The number of hydrogen-bond acceptors (Lipinski definition) is 2. The monoisotopic (exact) mass is 199 g/mol. The molecule has 0 spiro atoms. The SMILES string of the molecule is NCC1Cc2c(Cl)cccc2S1. The highest BCUT2D eigenvalue weighted by Gasteiger charge is 2.22. The fourth-order valence-corrected chi connectivity index (χ4v) is 2.93. The first-order valence-electron chi connectivity index (χ1n) is 3.95. The summed E-state index contributed by atoms with van der Waals surface area (Å²) in [7, 11) is 0. The minimum Gasteiger partial charge on any atom is -0.329 e. The highest BCUT2D eigenvalue weighted by Crippen LogP contribution is 2.39. The Kier molecular flexibility index (Phi) is 2.31. The molecule has 0 aromatic heterocycles. The molecule has 2 N–H and O–H groups in total. The Balaban J connectivity index is 2.35. The molecule has 3 heteroatoms. The van der Waals surface area contributed by atoms with Crippen molar-refractivity contribution < 1.29 is 0 Å². The highest BCUT2D eigenvalue weighted by molar-refractivity contribution is 8.00. The summed E-state index contributed by atoms with van der Waals surface area (Å²) >= 11 is 7.88. The molecular weight excluding hydrogens is 190 g/mol. The van der Waals surface area contributed by atoms with E-state index in [-0.39, 0.29) is 0 Å². The summed E-state index contributed by atoms with van der Waals surface area (Å²) in [5, 5.41) is 1.41. The van der Waals surface area contributed by atoms with Crippen LogP contribution in [0.15, 0.2) is 23.1 Å². The summed E-state index contributed by atoms with van der Waals surface area (Å²) in [6, 6.07) is 6.05. The van der Waals surface area contributed by atoms with Gasteiger partial charge in [-0.1, -0.05) is 17.7 Å². The standard InChI is InChI=1S/C9H10ClNS/c10-8-2-1-3-9-7(8)4-6(5-11)12-9/h1-3,6H,4-5,11H2. The van der Waals surface area contributed by atoms with Crippen LogP contribution in [-0.4, -0.2) is 11.8 Å². The van der Waals surface area contributed by atoms with Crippen molar-refractivity contribution in [2.45, 2.75) is 16.6 Å². The molecule has 1 aliphatic rings. The lowest BCUT2D eigenvalue weighted by Gasteiger charge is -2.00. The molecule has 12 heavy (non-hydrogen) atoms. The zero-order chi connectivity index (χ0) is 8.55. The second-order valence-corrected chi connectivity index (χ2v) is 4.65. The maximum absolute atomic E-state index is 6.04. The van der Waals surface area contributed by atoms with E-state index in [1.165, 1.54) is 10.5 Å². The molecule has 64 valence electrons. The largest absolute Gasteiger partial charge is 0.329 e. The molecule has 1 aromatic rings. The smallest absolute Gasteiger partial charge is 0.0449 e. The lowest BCUT2D eigenvalue weighted by atomic mass is 10.1. The van der Waals surface area contributed by atoms with Crippen LogP contribution in [0.3, 0.4) is 0 Å². The van der Waals surface area contributed by atoms with Crippen molar-refractivity contribution in [2.75, 3.05) is 6.54 Å². The van der Waals surface area contributed by atoms with Crippen LogP contribution in [0.4, 0.5) is 0 Å². The fourth-order valence-electron chi connectivity index (χ4n) is 1.43. The van der Waals surface area contributed by atoms with E-state index in [1.54, 1.807) is 0 Å². The van der Waals surface area contributed by atoms with Crippen LogP contribution >= 0.6 is 23.4 Å². The van der Waals surface area contributed by atoms with Crippen molar-refractivity contribution in [3.63, 3.8) is 0 Å². The van der Waals surface area contributed by atoms with Gasteiger partial charge in [-0.2, -0.15) is 0 Å². The van der Waals surface area contributed by atoms with E-state index in [4.69, 9.17) is 17.3 Å². The van der Waals surface area contributed by atoms with Crippen molar-refractivity contribution in [3.8, 4) is 0 Å². The van der Waals surface area contributed by atoms with Crippen LogP contribution < -0.4 is 5.73 Å². The molecule has 1 heterocycles. The third-order valence-corrected chi connectivity index (χ3v) is 3.75. The second-order valence-electron chi connectivity index (χ2n) is 2.90. The van der Waals surface area contributed by atoms with Crippen molar-refractivity contribution in [1.82, 2.24) is 0 Å². The van der Waals surface area contributed by atoms with Crippen LogP contribution in [0.2, 0.25) is 5.02 Å². The summed E-state index contributed by atoms with van der Waals surface area (Å²) in [5.41, 5.74) is 6.88. The van der Waals surface area contributed by atoms with Gasteiger partial charge in [-0.25, -0.2) is 0 Å². The molecule has 1 aliphatic heterocycles. The molecule has 0 aliphatic carbocycles. The third kappa shape index (κ3) is 1.35. The Bertz CT molecular complexity index is 301. The molecule has 0 fully saturated rings. The van der Waals surface area contributed by atoms with Crippen LogP contribution in [0.25, 0.3) is 0 Å². The molecule has 0 saturated heterocycles. The van der Waals surface area contributed by atoms with Gasteiger partial charge in [0.1, 0.15) is 0 Å². The van der Waals surface area contributed by atoms with Crippen molar-refractivity contribution in [2.24, 2.45) is 5.73 Å². The quantitative estimate of drug-likeness (QED) is 0.752. The minimum absolute atomic E-state index is 0.528. The van der Waals surface area contributed by atoms with Gasteiger partial charge >= 0.3 is 0 Å². The summed E-state index contributed by atoms with van der Waals surface area (Å²) in [5.74, 6) is 0. The van der Waals surface area contributed by atoms with Crippen LogP contribution in [0.5, 0.6) is 0 Å². The van der Waals surface area contributed by atoms with Crippen LogP contribution in [-0.2, 0) is 6.42 Å². The molecule has 0 amide bonds. The predicted octanol–water partition coefficient (Wildman–Crippen LogP) is 2.32. The predicted molar refractivity (Wildman–Crippen MR) is 53.9 cm³/mol. The Morgan fingerprint density at radius 3 is 3.08 bits per heavy atom. The molecule has 0 bridgehead atoms. The van der Waals surface area contributed by atoms with E-state index < -0.39 is 0 Å². The first kappa shape index (κ1) is 8.42. The fraction of sp³-hybridized carbons (Fsp3) is 0.333. The molecule has 1 atom stereocenters. The molecule has 2 rings (SSSR count).